The van der Waals surface area contributed by atoms with Gasteiger partial charge in [-0.3, -0.25) is 0 Å². The molecular weight excluding hydrogens is 252 g/mol. The zero-order chi connectivity index (χ0) is 14.7. The third-order valence-electron chi connectivity index (χ3n) is 3.93. The molecule has 0 aliphatic rings. The van der Waals surface area contributed by atoms with Gasteiger partial charge in [-0.25, -0.2) is 0 Å². The third kappa shape index (κ3) is 3.95. The standard InChI is InChI=1S/C16H26O2Si/c1-8-13-9-10-15(17-5)14(11-13)12-18-19(6,7)16(2,3)4/h8-11H,1,12H2,2-7H3. The summed E-state index contributed by atoms with van der Waals surface area (Å²) in [7, 11) is -0.0391. The summed E-state index contributed by atoms with van der Waals surface area (Å²) < 4.78 is 11.6. The minimum absolute atomic E-state index is 0.219. The van der Waals surface area contributed by atoms with Crippen LogP contribution in [0.25, 0.3) is 6.08 Å². The van der Waals surface area contributed by atoms with Gasteiger partial charge in [-0.2, -0.15) is 0 Å². The second-order valence-corrected chi connectivity index (χ2v) is 11.1. The van der Waals surface area contributed by atoms with Crippen LogP contribution in [0.2, 0.25) is 18.1 Å². The summed E-state index contributed by atoms with van der Waals surface area (Å²) in [6, 6.07) is 6.06. The van der Waals surface area contributed by atoms with Gasteiger partial charge in [-0.1, -0.05) is 39.5 Å². The Kier molecular flexibility index (Phi) is 4.99. The van der Waals surface area contributed by atoms with E-state index >= 15 is 0 Å². The van der Waals surface area contributed by atoms with Crippen molar-refractivity contribution in [2.45, 2.75) is 45.5 Å². The molecule has 1 aromatic carbocycles. The highest BCUT2D eigenvalue weighted by Crippen LogP contribution is 2.37. The SMILES string of the molecule is C=Cc1ccc(OC)c(CO[Si](C)(C)C(C)(C)C)c1. The van der Waals surface area contributed by atoms with Crippen LogP contribution in [0.3, 0.4) is 0 Å². The first-order chi connectivity index (χ1) is 8.71. The smallest absolute Gasteiger partial charge is 0.192 e. The van der Waals surface area contributed by atoms with Crippen molar-refractivity contribution in [3.63, 3.8) is 0 Å². The van der Waals surface area contributed by atoms with Crippen molar-refractivity contribution >= 4 is 14.4 Å². The van der Waals surface area contributed by atoms with Gasteiger partial charge in [-0.15, -0.1) is 0 Å². The van der Waals surface area contributed by atoms with E-state index in [1.807, 2.05) is 18.2 Å². The van der Waals surface area contributed by atoms with Gasteiger partial charge in [0, 0.05) is 5.56 Å². The van der Waals surface area contributed by atoms with E-state index in [2.05, 4.69) is 46.5 Å². The van der Waals surface area contributed by atoms with Crippen LogP contribution in [-0.4, -0.2) is 15.4 Å². The fourth-order valence-electron chi connectivity index (χ4n) is 1.51. The Hall–Kier alpha value is -1.06. The summed E-state index contributed by atoms with van der Waals surface area (Å²) in [5.74, 6) is 0.879. The minimum atomic E-state index is -1.73. The first-order valence-electron chi connectivity index (χ1n) is 6.64. The largest absolute Gasteiger partial charge is 0.496 e. The molecule has 0 heterocycles. The Balaban J connectivity index is 2.90. The van der Waals surface area contributed by atoms with Gasteiger partial charge in [0.25, 0.3) is 0 Å². The molecule has 0 atom stereocenters. The molecule has 0 aromatic heterocycles. The van der Waals surface area contributed by atoms with Crippen LogP contribution in [0, 0.1) is 0 Å². The molecule has 106 valence electrons. The van der Waals surface area contributed by atoms with E-state index < -0.39 is 8.32 Å². The molecule has 0 saturated carbocycles. The van der Waals surface area contributed by atoms with Gasteiger partial charge in [-0.05, 0) is 35.8 Å². The number of hydrogen-bond acceptors (Lipinski definition) is 2. The maximum Gasteiger partial charge on any atom is 0.192 e. The van der Waals surface area contributed by atoms with Crippen LogP contribution in [0.15, 0.2) is 24.8 Å². The molecule has 19 heavy (non-hydrogen) atoms. The lowest BCUT2D eigenvalue weighted by molar-refractivity contribution is 0.269. The van der Waals surface area contributed by atoms with E-state index in [4.69, 9.17) is 9.16 Å². The normalized spacial score (nSPS) is 12.3. The monoisotopic (exact) mass is 278 g/mol. The van der Waals surface area contributed by atoms with E-state index in [0.29, 0.717) is 6.61 Å². The average molecular weight is 278 g/mol. The number of methoxy groups -OCH3 is 1. The highest BCUT2D eigenvalue weighted by molar-refractivity contribution is 6.74. The van der Waals surface area contributed by atoms with Gasteiger partial charge in [0.05, 0.1) is 13.7 Å². The Morgan fingerprint density at radius 3 is 2.37 bits per heavy atom. The summed E-state index contributed by atoms with van der Waals surface area (Å²) in [5.41, 5.74) is 2.18. The molecule has 3 heteroatoms. The minimum Gasteiger partial charge on any atom is -0.496 e. The number of ether oxygens (including phenoxy) is 1. The summed E-state index contributed by atoms with van der Waals surface area (Å²) in [5, 5.41) is 0.219. The van der Waals surface area contributed by atoms with Crippen molar-refractivity contribution in [3.05, 3.63) is 35.9 Å². The topological polar surface area (TPSA) is 18.5 Å². The molecule has 2 nitrogen and oxygen atoms in total. The quantitative estimate of drug-likeness (QED) is 0.716. The van der Waals surface area contributed by atoms with Crippen molar-refractivity contribution in [2.24, 2.45) is 0 Å². The molecule has 0 unspecified atom stereocenters. The van der Waals surface area contributed by atoms with Crippen molar-refractivity contribution in [3.8, 4) is 5.75 Å². The molecular formula is C16H26O2Si. The van der Waals surface area contributed by atoms with Gasteiger partial charge in [0.15, 0.2) is 8.32 Å². The number of benzene rings is 1. The van der Waals surface area contributed by atoms with Crippen molar-refractivity contribution in [1.29, 1.82) is 0 Å². The van der Waals surface area contributed by atoms with E-state index in [9.17, 15) is 0 Å². The Morgan fingerprint density at radius 2 is 1.89 bits per heavy atom. The third-order valence-corrected chi connectivity index (χ3v) is 8.41. The molecule has 0 amide bonds. The van der Waals surface area contributed by atoms with Crippen LogP contribution < -0.4 is 4.74 Å². The summed E-state index contributed by atoms with van der Waals surface area (Å²) >= 11 is 0. The summed E-state index contributed by atoms with van der Waals surface area (Å²) in [6.07, 6.45) is 1.84. The first kappa shape index (κ1) is 16.0. The molecule has 0 radical (unpaired) electrons. The average Bonchev–Trinajstić information content (AvgIpc) is 2.34. The predicted molar refractivity (Wildman–Crippen MR) is 85.1 cm³/mol. The lowest BCUT2D eigenvalue weighted by Gasteiger charge is -2.36. The van der Waals surface area contributed by atoms with Gasteiger partial charge in [0.2, 0.25) is 0 Å². The maximum absolute atomic E-state index is 6.25. The Morgan fingerprint density at radius 1 is 1.26 bits per heavy atom. The zero-order valence-electron chi connectivity index (χ0n) is 13.0. The molecule has 1 rings (SSSR count). The molecule has 0 saturated heterocycles. The molecule has 0 fully saturated rings. The van der Waals surface area contributed by atoms with Crippen LogP contribution in [-0.2, 0) is 11.0 Å². The molecule has 0 spiro atoms. The van der Waals surface area contributed by atoms with E-state index in [0.717, 1.165) is 16.9 Å². The predicted octanol–water partition coefficient (Wildman–Crippen LogP) is 4.86. The van der Waals surface area contributed by atoms with E-state index in [1.54, 1.807) is 7.11 Å². The van der Waals surface area contributed by atoms with Crippen molar-refractivity contribution < 1.29 is 9.16 Å². The lowest BCUT2D eigenvalue weighted by Crippen LogP contribution is -2.40. The molecule has 0 aliphatic heterocycles. The fraction of sp³-hybridized carbons (Fsp3) is 0.500. The van der Waals surface area contributed by atoms with Gasteiger partial charge >= 0.3 is 0 Å². The second kappa shape index (κ2) is 5.93. The summed E-state index contributed by atoms with van der Waals surface area (Å²) in [4.78, 5) is 0. The van der Waals surface area contributed by atoms with Crippen LogP contribution in [0.1, 0.15) is 31.9 Å². The summed E-state index contributed by atoms with van der Waals surface area (Å²) in [6.45, 7) is 15.7. The fourth-order valence-corrected chi connectivity index (χ4v) is 2.46. The molecule has 0 aliphatic carbocycles. The van der Waals surface area contributed by atoms with Gasteiger partial charge in [0.1, 0.15) is 5.75 Å². The number of hydrogen-bond donors (Lipinski definition) is 0. The molecule has 0 N–H and O–H groups in total. The van der Waals surface area contributed by atoms with E-state index in [-0.39, 0.29) is 5.04 Å². The highest BCUT2D eigenvalue weighted by atomic mass is 28.4. The highest BCUT2D eigenvalue weighted by Gasteiger charge is 2.37. The van der Waals surface area contributed by atoms with Gasteiger partial charge < -0.3 is 9.16 Å². The maximum atomic E-state index is 6.25. The van der Waals surface area contributed by atoms with Crippen LogP contribution >= 0.6 is 0 Å². The Bertz CT molecular complexity index is 445. The Labute approximate surface area is 118 Å². The lowest BCUT2D eigenvalue weighted by atomic mass is 10.1. The molecule has 1 aromatic rings. The van der Waals surface area contributed by atoms with Crippen LogP contribution in [0.5, 0.6) is 5.75 Å². The number of rotatable bonds is 5. The van der Waals surface area contributed by atoms with Crippen LogP contribution in [0.4, 0.5) is 0 Å². The van der Waals surface area contributed by atoms with Crippen molar-refractivity contribution in [2.75, 3.05) is 7.11 Å². The van der Waals surface area contributed by atoms with E-state index in [1.165, 1.54) is 0 Å². The first-order valence-corrected chi connectivity index (χ1v) is 9.55. The van der Waals surface area contributed by atoms with Crippen molar-refractivity contribution in [1.82, 2.24) is 0 Å². The second-order valence-electron chi connectivity index (χ2n) is 6.32. The molecule has 0 bridgehead atoms. The zero-order valence-corrected chi connectivity index (χ0v) is 14.0.